The van der Waals surface area contributed by atoms with Gasteiger partial charge in [0.15, 0.2) is 0 Å². The maximum atomic E-state index is 12.4. The molecule has 3 rings (SSSR count). The van der Waals surface area contributed by atoms with Gasteiger partial charge in [-0.05, 0) is 31.1 Å². The van der Waals surface area contributed by atoms with Crippen LogP contribution in [0.5, 0.6) is 0 Å². The van der Waals surface area contributed by atoms with Crippen LogP contribution in [0, 0.1) is 5.41 Å². The number of nitrogens with zero attached hydrogens (tertiary/aromatic N) is 3. The lowest BCUT2D eigenvalue weighted by Gasteiger charge is -2.44. The molecule has 8 heteroatoms. The summed E-state index contributed by atoms with van der Waals surface area (Å²) in [5.74, 6) is -0.652. The van der Waals surface area contributed by atoms with Crippen LogP contribution >= 0.6 is 0 Å². The molecule has 0 aromatic carbocycles. The number of halogens is 2. The van der Waals surface area contributed by atoms with Gasteiger partial charge in [-0.25, -0.2) is 13.6 Å². The molecule has 1 spiro atoms. The van der Waals surface area contributed by atoms with Crippen molar-refractivity contribution < 1.29 is 18.1 Å². The zero-order chi connectivity index (χ0) is 16.3. The number of urea groups is 1. The van der Waals surface area contributed by atoms with Gasteiger partial charge in [0, 0.05) is 13.1 Å². The quantitative estimate of drug-likeness (QED) is 0.924. The molecule has 6 nitrogen and oxygen atoms in total. The number of hydrogen-bond donors (Lipinski definition) is 1. The lowest BCUT2D eigenvalue weighted by atomic mass is 9.68. The predicted octanol–water partition coefficient (Wildman–Crippen LogP) is 3.26. The summed E-state index contributed by atoms with van der Waals surface area (Å²) >= 11 is 0. The molecule has 1 aromatic rings. The average molecular weight is 328 g/mol. The smallest absolute Gasteiger partial charge is 0.317 e. The Morgan fingerprint density at radius 3 is 2.52 bits per heavy atom. The molecule has 128 valence electrons. The van der Waals surface area contributed by atoms with E-state index in [0.717, 1.165) is 25.9 Å². The molecule has 0 unspecified atom stereocenters. The second kappa shape index (κ2) is 6.80. The first-order valence-electron chi connectivity index (χ1n) is 8.21. The number of nitrogens with one attached hydrogen (secondary N) is 1. The molecule has 2 amide bonds. The molecular formula is C15H22F2N4O2. The Morgan fingerprint density at radius 2 is 1.91 bits per heavy atom. The van der Waals surface area contributed by atoms with Crippen LogP contribution in [-0.4, -0.2) is 34.2 Å². The molecule has 0 atom stereocenters. The summed E-state index contributed by atoms with van der Waals surface area (Å²) in [5.41, 5.74) is 0.438. The van der Waals surface area contributed by atoms with Crippen molar-refractivity contribution in [1.82, 2.24) is 20.4 Å². The Bertz CT molecular complexity index is 533. The van der Waals surface area contributed by atoms with E-state index in [0.29, 0.717) is 5.41 Å². The van der Waals surface area contributed by atoms with E-state index in [4.69, 9.17) is 0 Å². The molecule has 23 heavy (non-hydrogen) atoms. The number of likely N-dealkylation sites (tertiary alicyclic amines) is 1. The SMILES string of the molecule is O=C(NCc1nc(C(F)F)no1)N1CCC2(CCCCC2)CC1. The minimum atomic E-state index is -2.77. The van der Waals surface area contributed by atoms with Crippen molar-refractivity contribution in [2.45, 2.75) is 57.9 Å². The third kappa shape index (κ3) is 3.79. The number of carbonyl (C=O) groups excluding carboxylic acids is 1. The van der Waals surface area contributed by atoms with Crippen LogP contribution < -0.4 is 5.32 Å². The minimum Gasteiger partial charge on any atom is -0.337 e. The summed E-state index contributed by atoms with van der Waals surface area (Å²) in [7, 11) is 0. The van der Waals surface area contributed by atoms with Gasteiger partial charge in [-0.3, -0.25) is 0 Å². The molecule has 2 aliphatic rings. The second-order valence-corrected chi connectivity index (χ2v) is 6.55. The number of amides is 2. The van der Waals surface area contributed by atoms with Crippen molar-refractivity contribution in [3.63, 3.8) is 0 Å². The van der Waals surface area contributed by atoms with Gasteiger partial charge in [-0.1, -0.05) is 24.4 Å². The Balaban J connectivity index is 1.45. The molecular weight excluding hydrogens is 306 g/mol. The van der Waals surface area contributed by atoms with Gasteiger partial charge in [-0.15, -0.1) is 0 Å². The van der Waals surface area contributed by atoms with Gasteiger partial charge in [0.2, 0.25) is 11.7 Å². The third-order valence-electron chi connectivity index (χ3n) is 5.10. The molecule has 0 bridgehead atoms. The maximum absolute atomic E-state index is 12.4. The maximum Gasteiger partial charge on any atom is 0.317 e. The highest BCUT2D eigenvalue weighted by Crippen LogP contribution is 2.44. The standard InChI is InChI=1S/C15H22F2N4O2/c16-12(17)13-19-11(23-20-13)10-18-14(22)21-8-6-15(7-9-21)4-2-1-3-5-15/h12H,1-10H2,(H,18,22). The lowest BCUT2D eigenvalue weighted by molar-refractivity contribution is 0.0809. The number of rotatable bonds is 3. The summed E-state index contributed by atoms with van der Waals surface area (Å²) in [6.45, 7) is 1.47. The van der Waals surface area contributed by atoms with E-state index in [9.17, 15) is 13.6 Å². The number of carbonyl (C=O) groups is 1. The van der Waals surface area contributed by atoms with Crippen molar-refractivity contribution in [3.05, 3.63) is 11.7 Å². The fourth-order valence-corrected chi connectivity index (χ4v) is 3.68. The minimum absolute atomic E-state index is 0.00518. The van der Waals surface area contributed by atoms with Gasteiger partial charge in [0.05, 0.1) is 6.54 Å². The van der Waals surface area contributed by atoms with E-state index in [1.54, 1.807) is 4.90 Å². The first-order chi connectivity index (χ1) is 11.1. The van der Waals surface area contributed by atoms with Gasteiger partial charge >= 0.3 is 12.5 Å². The van der Waals surface area contributed by atoms with Crippen LogP contribution in [0.25, 0.3) is 0 Å². The summed E-state index contributed by atoms with van der Waals surface area (Å²) in [5, 5.41) is 5.82. The van der Waals surface area contributed by atoms with E-state index >= 15 is 0 Å². The second-order valence-electron chi connectivity index (χ2n) is 6.55. The molecule has 1 aliphatic heterocycles. The Kier molecular flexibility index (Phi) is 4.77. The zero-order valence-electron chi connectivity index (χ0n) is 13.1. The zero-order valence-corrected chi connectivity index (χ0v) is 13.1. The van der Waals surface area contributed by atoms with Crippen molar-refractivity contribution in [2.24, 2.45) is 5.41 Å². The summed E-state index contributed by atoms with van der Waals surface area (Å²) in [6, 6.07) is -0.201. The van der Waals surface area contributed by atoms with Crippen LogP contribution in [0.15, 0.2) is 4.52 Å². The van der Waals surface area contributed by atoms with Gasteiger partial charge in [-0.2, -0.15) is 4.98 Å². The summed E-state index contributed by atoms with van der Waals surface area (Å²) < 4.78 is 29.4. The fraction of sp³-hybridized carbons (Fsp3) is 0.800. The van der Waals surface area contributed by atoms with Crippen LogP contribution in [0.3, 0.4) is 0 Å². The molecule has 1 aliphatic carbocycles. The van der Waals surface area contributed by atoms with Crippen LogP contribution in [0.4, 0.5) is 13.6 Å². The normalized spacial score (nSPS) is 20.9. The highest BCUT2D eigenvalue weighted by molar-refractivity contribution is 5.74. The number of hydrogen-bond acceptors (Lipinski definition) is 4. The Morgan fingerprint density at radius 1 is 1.22 bits per heavy atom. The largest absolute Gasteiger partial charge is 0.337 e. The topological polar surface area (TPSA) is 71.3 Å². The monoisotopic (exact) mass is 328 g/mol. The number of piperidine rings is 1. The number of aromatic nitrogens is 2. The Labute approximate surface area is 133 Å². The summed E-state index contributed by atoms with van der Waals surface area (Å²) in [6.07, 6.45) is 5.83. The summed E-state index contributed by atoms with van der Waals surface area (Å²) in [4.78, 5) is 17.5. The molecule has 2 heterocycles. The van der Waals surface area contributed by atoms with Crippen LogP contribution in [0.1, 0.15) is 63.1 Å². The van der Waals surface area contributed by atoms with Gasteiger partial charge in [0.1, 0.15) is 0 Å². The number of alkyl halides is 2. The van der Waals surface area contributed by atoms with E-state index < -0.39 is 12.2 Å². The third-order valence-corrected chi connectivity index (χ3v) is 5.10. The fourth-order valence-electron chi connectivity index (χ4n) is 3.68. The van der Waals surface area contributed by atoms with Gasteiger partial charge < -0.3 is 14.7 Å². The average Bonchev–Trinajstić information content (AvgIpc) is 3.03. The molecule has 1 saturated carbocycles. The van der Waals surface area contributed by atoms with Crippen molar-refractivity contribution in [3.8, 4) is 0 Å². The van der Waals surface area contributed by atoms with Crippen molar-refractivity contribution in [2.75, 3.05) is 13.1 Å². The lowest BCUT2D eigenvalue weighted by Crippen LogP contribution is -2.47. The molecule has 2 fully saturated rings. The van der Waals surface area contributed by atoms with E-state index in [1.165, 1.54) is 32.1 Å². The first kappa shape index (κ1) is 16.1. The van der Waals surface area contributed by atoms with E-state index in [-0.39, 0.29) is 18.5 Å². The molecule has 1 aromatic heterocycles. The molecule has 1 N–H and O–H groups in total. The highest BCUT2D eigenvalue weighted by atomic mass is 19.3. The molecule has 0 radical (unpaired) electrons. The van der Waals surface area contributed by atoms with Crippen molar-refractivity contribution in [1.29, 1.82) is 0 Å². The Hall–Kier alpha value is -1.73. The molecule has 1 saturated heterocycles. The first-order valence-corrected chi connectivity index (χ1v) is 8.21. The predicted molar refractivity (Wildman–Crippen MR) is 77.8 cm³/mol. The van der Waals surface area contributed by atoms with Crippen LogP contribution in [-0.2, 0) is 6.54 Å². The highest BCUT2D eigenvalue weighted by Gasteiger charge is 2.36. The van der Waals surface area contributed by atoms with E-state index in [2.05, 4.69) is 20.0 Å². The van der Waals surface area contributed by atoms with Crippen molar-refractivity contribution >= 4 is 6.03 Å². The van der Waals surface area contributed by atoms with Crippen LogP contribution in [0.2, 0.25) is 0 Å². The van der Waals surface area contributed by atoms with E-state index in [1.807, 2.05) is 0 Å². The van der Waals surface area contributed by atoms with Gasteiger partial charge in [0.25, 0.3) is 0 Å².